The molecular weight excluding hydrogens is 311 g/mol. The zero-order valence-electron chi connectivity index (χ0n) is 11.8. The van der Waals surface area contributed by atoms with Crippen LogP contribution in [0.4, 0.5) is 18.9 Å². The van der Waals surface area contributed by atoms with Gasteiger partial charge in [-0.15, -0.1) is 11.8 Å². The number of thioether (sulfide) groups is 1. The summed E-state index contributed by atoms with van der Waals surface area (Å²) < 4.78 is 37.0. The van der Waals surface area contributed by atoms with Crippen LogP contribution in [-0.2, 0) is 0 Å². The number of rotatable bonds is 4. The third-order valence-electron chi connectivity index (χ3n) is 2.84. The summed E-state index contributed by atoms with van der Waals surface area (Å²) in [6, 6.07) is 13.4. The molecule has 0 radical (unpaired) electrons. The molecule has 2 nitrogen and oxygen atoms in total. The normalized spacial score (nSPS) is 11.3. The predicted molar refractivity (Wildman–Crippen MR) is 82.4 cm³/mol. The molecule has 0 spiro atoms. The maximum Gasteiger partial charge on any atom is 0.398 e. The largest absolute Gasteiger partial charge is 0.398 e. The van der Waals surface area contributed by atoms with Crippen molar-refractivity contribution in [3.63, 3.8) is 0 Å². The topological polar surface area (TPSA) is 29.1 Å². The minimum Gasteiger partial charge on any atom is -0.321 e. The van der Waals surface area contributed by atoms with Gasteiger partial charge in [-0.2, -0.15) is 13.2 Å². The van der Waals surface area contributed by atoms with E-state index in [2.05, 4.69) is 5.32 Å². The fourth-order valence-corrected chi connectivity index (χ4v) is 2.52. The SMILES string of the molecule is Cc1ccc(C(=O)Nc2ccccc2SCC(F)(F)F)cc1. The van der Waals surface area contributed by atoms with Crippen molar-refractivity contribution in [3.8, 4) is 0 Å². The molecule has 0 aliphatic rings. The molecule has 0 aliphatic carbocycles. The molecule has 0 fully saturated rings. The number of hydrogen-bond donors (Lipinski definition) is 1. The fourth-order valence-electron chi connectivity index (χ4n) is 1.75. The smallest absolute Gasteiger partial charge is 0.321 e. The highest BCUT2D eigenvalue weighted by molar-refractivity contribution is 7.99. The lowest BCUT2D eigenvalue weighted by molar-refractivity contribution is -0.105. The van der Waals surface area contributed by atoms with Gasteiger partial charge in [0, 0.05) is 10.5 Å². The quantitative estimate of drug-likeness (QED) is 0.810. The Morgan fingerprint density at radius 2 is 1.73 bits per heavy atom. The number of hydrogen-bond acceptors (Lipinski definition) is 2. The van der Waals surface area contributed by atoms with E-state index < -0.39 is 11.9 Å². The van der Waals surface area contributed by atoms with Crippen LogP contribution in [0.1, 0.15) is 15.9 Å². The van der Waals surface area contributed by atoms with Crippen molar-refractivity contribution in [2.24, 2.45) is 0 Å². The van der Waals surface area contributed by atoms with Gasteiger partial charge in [-0.1, -0.05) is 29.8 Å². The molecule has 22 heavy (non-hydrogen) atoms. The first-order valence-electron chi connectivity index (χ1n) is 6.52. The van der Waals surface area contributed by atoms with E-state index in [0.29, 0.717) is 27.9 Å². The highest BCUT2D eigenvalue weighted by Crippen LogP contribution is 2.32. The molecule has 1 N–H and O–H groups in total. The van der Waals surface area contributed by atoms with E-state index in [0.717, 1.165) is 5.56 Å². The van der Waals surface area contributed by atoms with Gasteiger partial charge in [0.15, 0.2) is 0 Å². The molecule has 0 aromatic heterocycles. The van der Waals surface area contributed by atoms with Gasteiger partial charge in [0.25, 0.3) is 5.91 Å². The van der Waals surface area contributed by atoms with E-state index in [4.69, 9.17) is 0 Å². The van der Waals surface area contributed by atoms with Crippen molar-refractivity contribution >= 4 is 23.4 Å². The van der Waals surface area contributed by atoms with Crippen molar-refractivity contribution in [1.82, 2.24) is 0 Å². The standard InChI is InChI=1S/C16H14F3NOS/c1-11-6-8-12(9-7-11)15(21)20-13-4-2-3-5-14(13)22-10-16(17,18)19/h2-9H,10H2,1H3,(H,20,21). The average Bonchev–Trinajstić information content (AvgIpc) is 2.46. The predicted octanol–water partition coefficient (Wildman–Crippen LogP) is 4.90. The Bertz CT molecular complexity index is 653. The number of halogens is 3. The molecule has 2 aromatic rings. The van der Waals surface area contributed by atoms with Crippen LogP contribution in [0.25, 0.3) is 0 Å². The first-order valence-corrected chi connectivity index (χ1v) is 7.50. The summed E-state index contributed by atoms with van der Waals surface area (Å²) >= 11 is 0.654. The Balaban J connectivity index is 2.12. The Hall–Kier alpha value is -1.95. The molecule has 2 rings (SSSR count). The first kappa shape index (κ1) is 16.4. The third-order valence-corrected chi connectivity index (χ3v) is 3.98. The molecule has 2 aromatic carbocycles. The summed E-state index contributed by atoms with van der Waals surface area (Å²) in [6.07, 6.45) is -4.25. The molecule has 0 bridgehead atoms. The molecule has 0 saturated carbocycles. The molecule has 6 heteroatoms. The summed E-state index contributed by atoms with van der Waals surface area (Å²) in [7, 11) is 0. The number of nitrogens with one attached hydrogen (secondary N) is 1. The molecule has 0 atom stereocenters. The molecule has 0 heterocycles. The van der Waals surface area contributed by atoms with Gasteiger partial charge >= 0.3 is 6.18 Å². The van der Waals surface area contributed by atoms with E-state index in [-0.39, 0.29) is 5.91 Å². The Morgan fingerprint density at radius 3 is 2.36 bits per heavy atom. The van der Waals surface area contributed by atoms with Gasteiger partial charge in [-0.25, -0.2) is 0 Å². The first-order chi connectivity index (χ1) is 10.3. The second kappa shape index (κ2) is 6.87. The van der Waals surface area contributed by atoms with Crippen molar-refractivity contribution in [3.05, 3.63) is 59.7 Å². The van der Waals surface area contributed by atoms with Crippen LogP contribution < -0.4 is 5.32 Å². The van der Waals surface area contributed by atoms with Crippen LogP contribution in [0.2, 0.25) is 0 Å². The van der Waals surface area contributed by atoms with E-state index in [1.54, 1.807) is 48.5 Å². The van der Waals surface area contributed by atoms with Crippen LogP contribution in [0.3, 0.4) is 0 Å². The van der Waals surface area contributed by atoms with E-state index in [1.807, 2.05) is 6.92 Å². The molecule has 1 amide bonds. The van der Waals surface area contributed by atoms with Crippen LogP contribution in [0.5, 0.6) is 0 Å². The summed E-state index contributed by atoms with van der Waals surface area (Å²) in [6.45, 7) is 1.91. The maximum atomic E-state index is 12.3. The second-order valence-corrected chi connectivity index (χ2v) is 5.74. The number of carbonyl (C=O) groups is 1. The number of para-hydroxylation sites is 1. The Labute approximate surface area is 130 Å². The average molecular weight is 325 g/mol. The number of aryl methyl sites for hydroxylation is 1. The molecular formula is C16H14F3NOS. The minimum atomic E-state index is -4.25. The van der Waals surface area contributed by atoms with E-state index in [9.17, 15) is 18.0 Å². The number of amides is 1. The van der Waals surface area contributed by atoms with Gasteiger partial charge in [0.2, 0.25) is 0 Å². The maximum absolute atomic E-state index is 12.3. The summed E-state index contributed by atoms with van der Waals surface area (Å²) in [4.78, 5) is 12.5. The van der Waals surface area contributed by atoms with E-state index >= 15 is 0 Å². The van der Waals surface area contributed by atoms with Gasteiger partial charge < -0.3 is 5.32 Å². The van der Waals surface area contributed by atoms with Crippen molar-refractivity contribution in [1.29, 1.82) is 0 Å². The number of alkyl halides is 3. The molecule has 116 valence electrons. The molecule has 0 saturated heterocycles. The summed E-state index contributed by atoms with van der Waals surface area (Å²) in [5.74, 6) is -1.34. The lowest BCUT2D eigenvalue weighted by Gasteiger charge is -2.12. The molecule has 0 unspecified atom stereocenters. The highest BCUT2D eigenvalue weighted by atomic mass is 32.2. The van der Waals surface area contributed by atoms with Crippen molar-refractivity contribution in [2.75, 3.05) is 11.1 Å². The van der Waals surface area contributed by atoms with Crippen LogP contribution in [0, 0.1) is 6.92 Å². The number of carbonyl (C=O) groups excluding carboxylic acids is 1. The van der Waals surface area contributed by atoms with Crippen molar-refractivity contribution < 1.29 is 18.0 Å². The Morgan fingerprint density at radius 1 is 1.09 bits per heavy atom. The highest BCUT2D eigenvalue weighted by Gasteiger charge is 2.27. The second-order valence-electron chi connectivity index (χ2n) is 4.72. The monoisotopic (exact) mass is 325 g/mol. The van der Waals surface area contributed by atoms with Gasteiger partial charge in [-0.3, -0.25) is 4.79 Å². The third kappa shape index (κ3) is 4.80. The minimum absolute atomic E-state index is 0.347. The van der Waals surface area contributed by atoms with Gasteiger partial charge in [0.05, 0.1) is 11.4 Å². The van der Waals surface area contributed by atoms with Crippen molar-refractivity contribution in [2.45, 2.75) is 18.0 Å². The number of anilines is 1. The lowest BCUT2D eigenvalue weighted by atomic mass is 10.1. The number of benzene rings is 2. The van der Waals surface area contributed by atoms with Crippen LogP contribution in [-0.4, -0.2) is 17.8 Å². The lowest BCUT2D eigenvalue weighted by Crippen LogP contribution is -2.14. The zero-order valence-corrected chi connectivity index (χ0v) is 12.6. The molecule has 0 aliphatic heterocycles. The summed E-state index contributed by atoms with van der Waals surface area (Å²) in [5, 5.41) is 2.66. The van der Waals surface area contributed by atoms with E-state index in [1.165, 1.54) is 0 Å². The van der Waals surface area contributed by atoms with Gasteiger partial charge in [0.1, 0.15) is 0 Å². The Kier molecular flexibility index (Phi) is 5.13. The zero-order chi connectivity index (χ0) is 16.2. The summed E-state index contributed by atoms with van der Waals surface area (Å²) in [5.41, 5.74) is 1.86. The van der Waals surface area contributed by atoms with Crippen LogP contribution in [0.15, 0.2) is 53.4 Å². The van der Waals surface area contributed by atoms with Gasteiger partial charge in [-0.05, 0) is 31.2 Å². The fraction of sp³-hybridized carbons (Fsp3) is 0.188. The van der Waals surface area contributed by atoms with Crippen LogP contribution >= 0.6 is 11.8 Å².